The van der Waals surface area contributed by atoms with E-state index in [1.807, 2.05) is 29.8 Å². The van der Waals surface area contributed by atoms with Gasteiger partial charge in [0.2, 0.25) is 0 Å². The van der Waals surface area contributed by atoms with Crippen LogP contribution in [0.4, 0.5) is 0 Å². The van der Waals surface area contributed by atoms with Crippen molar-refractivity contribution >= 4 is 30.7 Å². The summed E-state index contributed by atoms with van der Waals surface area (Å²) >= 11 is 0. The third-order valence-electron chi connectivity index (χ3n) is 5.38. The molecular weight excluding hydrogens is 411 g/mol. The number of carbonyl (C=O) groups excluding carboxylic acids is 1. The Kier molecular flexibility index (Phi) is 10.6. The molecule has 0 spiro atoms. The standard InChI is InChI=1S/C20H30N6O.2ClH/c1-15(25(3)14-17-7-5-4-6-8-17)13-22-20(27)19-16(2)26(24-23-19)18-9-11-21-12-10-18;;/h4-8,15,18,21H,9-14H2,1-3H3,(H,22,27);2*1H. The van der Waals surface area contributed by atoms with E-state index in [0.29, 0.717) is 18.3 Å². The zero-order chi connectivity index (χ0) is 19.2. The molecule has 1 aliphatic heterocycles. The Morgan fingerprint density at radius 3 is 2.59 bits per heavy atom. The summed E-state index contributed by atoms with van der Waals surface area (Å²) in [6.07, 6.45) is 2.04. The molecule has 2 heterocycles. The summed E-state index contributed by atoms with van der Waals surface area (Å²) in [6.45, 7) is 7.43. The highest BCUT2D eigenvalue weighted by molar-refractivity contribution is 5.93. The van der Waals surface area contributed by atoms with Gasteiger partial charge in [0, 0.05) is 19.1 Å². The first kappa shape index (κ1) is 25.4. The highest BCUT2D eigenvalue weighted by Gasteiger charge is 2.23. The Labute approximate surface area is 185 Å². The van der Waals surface area contributed by atoms with E-state index >= 15 is 0 Å². The lowest BCUT2D eigenvalue weighted by molar-refractivity contribution is 0.0934. The van der Waals surface area contributed by atoms with Crippen molar-refractivity contribution in [3.05, 3.63) is 47.3 Å². The van der Waals surface area contributed by atoms with Crippen LogP contribution in [0.5, 0.6) is 0 Å². The maximum absolute atomic E-state index is 12.6. The van der Waals surface area contributed by atoms with Crippen LogP contribution in [-0.4, -0.2) is 58.5 Å². The second kappa shape index (κ2) is 12.1. The van der Waals surface area contributed by atoms with Crippen molar-refractivity contribution in [2.45, 2.75) is 45.3 Å². The van der Waals surface area contributed by atoms with E-state index in [1.165, 1.54) is 5.56 Å². The lowest BCUT2D eigenvalue weighted by Crippen LogP contribution is -2.40. The molecule has 1 amide bonds. The summed E-state index contributed by atoms with van der Waals surface area (Å²) in [5, 5.41) is 14.8. The van der Waals surface area contributed by atoms with Crippen molar-refractivity contribution in [2.24, 2.45) is 0 Å². The zero-order valence-corrected chi connectivity index (χ0v) is 18.9. The van der Waals surface area contributed by atoms with E-state index < -0.39 is 0 Å². The molecule has 0 bridgehead atoms. The van der Waals surface area contributed by atoms with E-state index in [4.69, 9.17) is 0 Å². The number of benzene rings is 1. The molecule has 2 aromatic rings. The van der Waals surface area contributed by atoms with Gasteiger partial charge in [-0.3, -0.25) is 9.69 Å². The summed E-state index contributed by atoms with van der Waals surface area (Å²) in [6, 6.07) is 10.9. The number of amides is 1. The predicted octanol–water partition coefficient (Wildman–Crippen LogP) is 2.60. The Hall–Kier alpha value is -1.67. The lowest BCUT2D eigenvalue weighted by Gasteiger charge is -2.25. The monoisotopic (exact) mass is 442 g/mol. The van der Waals surface area contributed by atoms with Crippen LogP contribution in [0, 0.1) is 6.92 Å². The molecule has 1 saturated heterocycles. The normalized spacial score (nSPS) is 15.3. The Balaban J connectivity index is 0.00000210. The molecule has 0 radical (unpaired) electrons. The fourth-order valence-electron chi connectivity index (χ4n) is 3.46. The number of rotatable bonds is 7. The van der Waals surface area contributed by atoms with E-state index in [1.54, 1.807) is 0 Å². The number of carbonyl (C=O) groups is 1. The number of aromatic nitrogens is 3. The molecule has 29 heavy (non-hydrogen) atoms. The topological polar surface area (TPSA) is 75.1 Å². The van der Waals surface area contributed by atoms with Crippen molar-refractivity contribution in [1.29, 1.82) is 0 Å². The highest BCUT2D eigenvalue weighted by atomic mass is 35.5. The number of nitrogens with zero attached hydrogens (tertiary/aromatic N) is 4. The van der Waals surface area contributed by atoms with Crippen molar-refractivity contribution in [1.82, 2.24) is 30.5 Å². The largest absolute Gasteiger partial charge is 0.349 e. The second-order valence-corrected chi connectivity index (χ2v) is 7.41. The van der Waals surface area contributed by atoms with Crippen molar-refractivity contribution < 1.29 is 4.79 Å². The highest BCUT2D eigenvalue weighted by Crippen LogP contribution is 2.20. The summed E-state index contributed by atoms with van der Waals surface area (Å²) in [4.78, 5) is 14.8. The minimum Gasteiger partial charge on any atom is -0.349 e. The molecule has 1 aromatic carbocycles. The summed E-state index contributed by atoms with van der Waals surface area (Å²) in [5.74, 6) is -0.146. The van der Waals surface area contributed by atoms with Crippen LogP contribution in [0.25, 0.3) is 0 Å². The molecule has 1 aromatic heterocycles. The minimum absolute atomic E-state index is 0. The van der Waals surface area contributed by atoms with Crippen LogP contribution in [0.2, 0.25) is 0 Å². The van der Waals surface area contributed by atoms with Crippen LogP contribution >= 0.6 is 24.8 Å². The third-order valence-corrected chi connectivity index (χ3v) is 5.38. The molecular formula is C20H32Cl2N6O. The summed E-state index contributed by atoms with van der Waals surface area (Å²) < 4.78 is 1.92. The SMILES string of the molecule is Cc1c(C(=O)NCC(C)N(C)Cc2ccccc2)nnn1C1CCNCC1.Cl.Cl. The predicted molar refractivity (Wildman–Crippen MR) is 120 cm³/mol. The number of piperidine rings is 1. The average Bonchev–Trinajstić information content (AvgIpc) is 3.08. The molecule has 1 fully saturated rings. The Morgan fingerprint density at radius 2 is 1.93 bits per heavy atom. The maximum Gasteiger partial charge on any atom is 0.273 e. The van der Waals surface area contributed by atoms with Crippen LogP contribution in [-0.2, 0) is 6.54 Å². The van der Waals surface area contributed by atoms with Crippen LogP contribution < -0.4 is 10.6 Å². The maximum atomic E-state index is 12.6. The first-order valence-electron chi connectivity index (χ1n) is 9.71. The fraction of sp³-hybridized carbons (Fsp3) is 0.550. The number of halogens is 2. The number of likely N-dealkylation sites (N-methyl/N-ethyl adjacent to an activating group) is 1. The van der Waals surface area contributed by atoms with Gasteiger partial charge >= 0.3 is 0 Å². The summed E-state index contributed by atoms with van der Waals surface area (Å²) in [7, 11) is 2.07. The second-order valence-electron chi connectivity index (χ2n) is 7.41. The zero-order valence-electron chi connectivity index (χ0n) is 17.3. The molecule has 0 aliphatic carbocycles. The van der Waals surface area contributed by atoms with Gasteiger partial charge in [-0.05, 0) is 52.4 Å². The number of nitrogens with one attached hydrogen (secondary N) is 2. The van der Waals surface area contributed by atoms with Gasteiger partial charge in [0.15, 0.2) is 5.69 Å². The van der Waals surface area contributed by atoms with Gasteiger partial charge in [-0.25, -0.2) is 4.68 Å². The van der Waals surface area contributed by atoms with Gasteiger partial charge in [-0.2, -0.15) is 0 Å². The lowest BCUT2D eigenvalue weighted by atomic mass is 10.1. The van der Waals surface area contributed by atoms with E-state index in [2.05, 4.69) is 51.9 Å². The van der Waals surface area contributed by atoms with Gasteiger partial charge < -0.3 is 10.6 Å². The number of hydrogen-bond acceptors (Lipinski definition) is 5. The summed E-state index contributed by atoms with van der Waals surface area (Å²) in [5.41, 5.74) is 2.55. The minimum atomic E-state index is -0.146. The van der Waals surface area contributed by atoms with Crippen molar-refractivity contribution in [2.75, 3.05) is 26.7 Å². The quantitative estimate of drug-likeness (QED) is 0.688. The van der Waals surface area contributed by atoms with Crippen LogP contribution in [0.15, 0.2) is 30.3 Å². The molecule has 1 atom stereocenters. The van der Waals surface area contributed by atoms with Gasteiger partial charge in [-0.15, -0.1) is 29.9 Å². The molecule has 3 rings (SSSR count). The first-order valence-corrected chi connectivity index (χ1v) is 9.71. The van der Waals surface area contributed by atoms with E-state index in [0.717, 1.165) is 38.2 Å². The average molecular weight is 443 g/mol. The molecule has 1 aliphatic rings. The van der Waals surface area contributed by atoms with E-state index in [9.17, 15) is 4.79 Å². The molecule has 1 unspecified atom stereocenters. The first-order chi connectivity index (χ1) is 13.1. The van der Waals surface area contributed by atoms with Crippen LogP contribution in [0.1, 0.15) is 47.6 Å². The Bertz CT molecular complexity index is 749. The molecule has 2 N–H and O–H groups in total. The van der Waals surface area contributed by atoms with Gasteiger partial charge in [0.25, 0.3) is 5.91 Å². The molecule has 0 saturated carbocycles. The molecule has 162 valence electrons. The number of hydrogen-bond donors (Lipinski definition) is 2. The molecule has 9 heteroatoms. The fourth-order valence-corrected chi connectivity index (χ4v) is 3.46. The van der Waals surface area contributed by atoms with Crippen LogP contribution in [0.3, 0.4) is 0 Å². The smallest absolute Gasteiger partial charge is 0.273 e. The van der Waals surface area contributed by atoms with Gasteiger partial charge in [0.1, 0.15) is 0 Å². The third kappa shape index (κ3) is 6.67. The van der Waals surface area contributed by atoms with E-state index in [-0.39, 0.29) is 36.8 Å². The van der Waals surface area contributed by atoms with Crippen molar-refractivity contribution in [3.63, 3.8) is 0 Å². The molecule has 7 nitrogen and oxygen atoms in total. The van der Waals surface area contributed by atoms with Gasteiger partial charge in [0.05, 0.1) is 11.7 Å². The van der Waals surface area contributed by atoms with Crippen molar-refractivity contribution in [3.8, 4) is 0 Å². The Morgan fingerprint density at radius 1 is 1.28 bits per heavy atom. The van der Waals surface area contributed by atoms with Gasteiger partial charge in [-0.1, -0.05) is 35.5 Å².